The van der Waals surface area contributed by atoms with Crippen LogP contribution >= 0.6 is 27.5 Å². The Morgan fingerprint density at radius 1 is 1.20 bits per heavy atom. The van der Waals surface area contributed by atoms with Crippen LogP contribution in [-0.4, -0.2) is 5.91 Å². The van der Waals surface area contributed by atoms with E-state index in [2.05, 4.69) is 21.2 Å². The number of amides is 1. The summed E-state index contributed by atoms with van der Waals surface area (Å²) in [5.41, 5.74) is 0.825. The maximum absolute atomic E-state index is 13.1. The lowest BCUT2D eigenvalue weighted by Gasteiger charge is -2.10. The van der Waals surface area contributed by atoms with E-state index in [1.54, 1.807) is 6.07 Å². The number of hydrogen-bond donors (Lipinski definition) is 1. The van der Waals surface area contributed by atoms with Gasteiger partial charge in [0, 0.05) is 4.47 Å². The van der Waals surface area contributed by atoms with Gasteiger partial charge in [0.15, 0.2) is 0 Å². The highest BCUT2D eigenvalue weighted by Crippen LogP contribution is 2.31. The number of carbonyl (C=O) groups is 1. The second kappa shape index (κ2) is 6.33. The molecule has 0 radical (unpaired) electrons. The Labute approximate surface area is 127 Å². The molecule has 0 bridgehead atoms. The second-order valence-electron chi connectivity index (χ2n) is 4.10. The fraction of sp³-hybridized carbons (Fsp3) is 0.0714. The van der Waals surface area contributed by atoms with E-state index in [0.717, 1.165) is 6.07 Å². The molecule has 2 rings (SSSR count). The number of carbonyl (C=O) groups excluding carboxylic acids is 1. The molecule has 0 fully saturated rings. The molecule has 0 unspecified atom stereocenters. The lowest BCUT2D eigenvalue weighted by molar-refractivity contribution is -0.115. The van der Waals surface area contributed by atoms with Gasteiger partial charge in [0.2, 0.25) is 5.91 Å². The minimum Gasteiger partial charge on any atom is -0.324 e. The Kier molecular flexibility index (Phi) is 4.73. The summed E-state index contributed by atoms with van der Waals surface area (Å²) >= 11 is 8.99. The van der Waals surface area contributed by atoms with Gasteiger partial charge in [-0.15, -0.1) is 0 Å². The average molecular weight is 361 g/mol. The van der Waals surface area contributed by atoms with E-state index >= 15 is 0 Å². The first kappa shape index (κ1) is 14.9. The zero-order valence-corrected chi connectivity index (χ0v) is 12.4. The summed E-state index contributed by atoms with van der Waals surface area (Å²) in [6.45, 7) is 0. The van der Waals surface area contributed by atoms with Crippen molar-refractivity contribution >= 4 is 39.1 Å². The van der Waals surface area contributed by atoms with Crippen LogP contribution in [0.15, 0.2) is 40.9 Å². The van der Waals surface area contributed by atoms with Crippen molar-refractivity contribution in [3.8, 4) is 0 Å². The molecule has 2 aromatic carbocycles. The van der Waals surface area contributed by atoms with E-state index in [9.17, 15) is 13.6 Å². The zero-order chi connectivity index (χ0) is 14.7. The Morgan fingerprint density at radius 2 is 1.95 bits per heavy atom. The topological polar surface area (TPSA) is 29.1 Å². The highest BCUT2D eigenvalue weighted by molar-refractivity contribution is 9.10. The maximum Gasteiger partial charge on any atom is 0.228 e. The smallest absolute Gasteiger partial charge is 0.228 e. The highest BCUT2D eigenvalue weighted by atomic mass is 79.9. The van der Waals surface area contributed by atoms with Crippen molar-refractivity contribution in [1.29, 1.82) is 0 Å². The molecule has 0 spiro atoms. The first-order valence-electron chi connectivity index (χ1n) is 5.64. The van der Waals surface area contributed by atoms with Crippen molar-refractivity contribution < 1.29 is 13.6 Å². The van der Waals surface area contributed by atoms with E-state index < -0.39 is 11.6 Å². The SMILES string of the molecule is O=C(Cc1cccc(F)c1)Nc1c(Cl)cc(F)cc1Br. The number of benzene rings is 2. The third kappa shape index (κ3) is 3.77. The number of halogens is 4. The predicted octanol–water partition coefficient (Wildman–Crippen LogP) is 4.56. The number of rotatable bonds is 3. The van der Waals surface area contributed by atoms with Crippen LogP contribution in [0.5, 0.6) is 0 Å². The molecule has 0 aliphatic rings. The predicted molar refractivity (Wildman–Crippen MR) is 77.8 cm³/mol. The molecule has 0 atom stereocenters. The van der Waals surface area contributed by atoms with Crippen LogP contribution in [0.4, 0.5) is 14.5 Å². The first-order valence-corrected chi connectivity index (χ1v) is 6.81. The summed E-state index contributed by atoms with van der Waals surface area (Å²) in [5, 5.41) is 2.65. The van der Waals surface area contributed by atoms with E-state index in [4.69, 9.17) is 11.6 Å². The van der Waals surface area contributed by atoms with Gasteiger partial charge in [-0.25, -0.2) is 8.78 Å². The molecule has 20 heavy (non-hydrogen) atoms. The van der Waals surface area contributed by atoms with E-state index in [1.807, 2.05) is 0 Å². The molecule has 0 aliphatic carbocycles. The third-order valence-electron chi connectivity index (χ3n) is 2.53. The lowest BCUT2D eigenvalue weighted by atomic mass is 10.1. The van der Waals surface area contributed by atoms with Gasteiger partial charge >= 0.3 is 0 Å². The van der Waals surface area contributed by atoms with Crippen LogP contribution in [0.3, 0.4) is 0 Å². The van der Waals surface area contributed by atoms with Crippen molar-refractivity contribution in [3.63, 3.8) is 0 Å². The molecule has 0 saturated carbocycles. The minimum absolute atomic E-state index is 0.00208. The molecule has 0 aliphatic heterocycles. The van der Waals surface area contributed by atoms with E-state index in [0.29, 0.717) is 10.0 Å². The van der Waals surface area contributed by atoms with Gasteiger partial charge in [-0.2, -0.15) is 0 Å². The Bertz CT molecular complexity index is 640. The standard InChI is InChI=1S/C14H9BrClF2NO/c15-11-6-10(18)7-12(16)14(11)19-13(20)5-8-2-1-3-9(17)4-8/h1-4,6-7H,5H2,(H,19,20). The summed E-state index contributed by atoms with van der Waals surface area (Å²) in [7, 11) is 0. The summed E-state index contributed by atoms with van der Waals surface area (Å²) in [6, 6.07) is 8.05. The minimum atomic E-state index is -0.509. The van der Waals surface area contributed by atoms with Crippen molar-refractivity contribution in [3.05, 3.63) is 63.1 Å². The van der Waals surface area contributed by atoms with Crippen LogP contribution in [0, 0.1) is 11.6 Å². The Hall–Kier alpha value is -1.46. The summed E-state index contributed by atoms with van der Waals surface area (Å²) in [6.07, 6.45) is -0.00208. The molecule has 6 heteroatoms. The van der Waals surface area contributed by atoms with Gasteiger partial charge in [-0.1, -0.05) is 23.7 Å². The van der Waals surface area contributed by atoms with Crippen molar-refractivity contribution in [2.45, 2.75) is 6.42 Å². The molecule has 1 amide bonds. The molecule has 0 saturated heterocycles. The lowest BCUT2D eigenvalue weighted by Crippen LogP contribution is -2.15. The van der Waals surface area contributed by atoms with E-state index in [-0.39, 0.29) is 23.0 Å². The van der Waals surface area contributed by atoms with Crippen LogP contribution in [-0.2, 0) is 11.2 Å². The van der Waals surface area contributed by atoms with Gasteiger partial charge in [0.1, 0.15) is 11.6 Å². The fourth-order valence-electron chi connectivity index (χ4n) is 1.68. The Balaban J connectivity index is 2.13. The quantitative estimate of drug-likeness (QED) is 0.854. The van der Waals surface area contributed by atoms with Crippen LogP contribution in [0.2, 0.25) is 5.02 Å². The van der Waals surface area contributed by atoms with Crippen molar-refractivity contribution in [1.82, 2.24) is 0 Å². The summed E-state index contributed by atoms with van der Waals surface area (Å²) in [5.74, 6) is -1.29. The van der Waals surface area contributed by atoms with Gasteiger partial charge in [-0.3, -0.25) is 4.79 Å². The fourth-order valence-corrected chi connectivity index (χ4v) is 2.58. The molecule has 0 aromatic heterocycles. The second-order valence-corrected chi connectivity index (χ2v) is 5.36. The molecule has 2 aromatic rings. The molecular formula is C14H9BrClF2NO. The zero-order valence-electron chi connectivity index (χ0n) is 10.1. The van der Waals surface area contributed by atoms with Gasteiger partial charge < -0.3 is 5.32 Å². The molecular weight excluding hydrogens is 352 g/mol. The Morgan fingerprint density at radius 3 is 2.60 bits per heavy atom. The third-order valence-corrected chi connectivity index (χ3v) is 3.45. The average Bonchev–Trinajstić information content (AvgIpc) is 2.33. The van der Waals surface area contributed by atoms with Crippen LogP contribution in [0.1, 0.15) is 5.56 Å². The largest absolute Gasteiger partial charge is 0.324 e. The van der Waals surface area contributed by atoms with Gasteiger partial charge in [0.25, 0.3) is 0 Å². The molecule has 0 heterocycles. The molecule has 104 valence electrons. The van der Waals surface area contributed by atoms with E-state index in [1.165, 1.54) is 24.3 Å². The van der Waals surface area contributed by atoms with Gasteiger partial charge in [0.05, 0.1) is 17.1 Å². The number of anilines is 1. The highest BCUT2D eigenvalue weighted by Gasteiger charge is 2.12. The van der Waals surface area contributed by atoms with Crippen LogP contribution < -0.4 is 5.32 Å². The summed E-state index contributed by atoms with van der Waals surface area (Å²) in [4.78, 5) is 11.9. The van der Waals surface area contributed by atoms with Crippen LogP contribution in [0.25, 0.3) is 0 Å². The van der Waals surface area contributed by atoms with Crippen molar-refractivity contribution in [2.24, 2.45) is 0 Å². The molecule has 1 N–H and O–H groups in total. The van der Waals surface area contributed by atoms with Gasteiger partial charge in [-0.05, 0) is 45.8 Å². The number of nitrogens with one attached hydrogen (secondary N) is 1. The first-order chi connectivity index (χ1) is 9.45. The summed E-state index contributed by atoms with van der Waals surface area (Å²) < 4.78 is 26.4. The molecule has 2 nitrogen and oxygen atoms in total. The monoisotopic (exact) mass is 359 g/mol. The number of hydrogen-bond acceptors (Lipinski definition) is 1. The van der Waals surface area contributed by atoms with Crippen molar-refractivity contribution in [2.75, 3.05) is 5.32 Å². The normalized spacial score (nSPS) is 10.4. The maximum atomic E-state index is 13.1.